The zero-order valence-corrected chi connectivity index (χ0v) is 17.3. The van der Waals surface area contributed by atoms with Crippen molar-refractivity contribution in [3.63, 3.8) is 0 Å². The highest BCUT2D eigenvalue weighted by atomic mass is 16.2. The van der Waals surface area contributed by atoms with Gasteiger partial charge in [0.25, 0.3) is 0 Å². The van der Waals surface area contributed by atoms with Crippen LogP contribution in [0.5, 0.6) is 0 Å². The first-order valence-corrected chi connectivity index (χ1v) is 10.3. The molecule has 1 fully saturated rings. The molecule has 0 saturated carbocycles. The molecule has 1 aromatic rings. The Bertz CT molecular complexity index is 603. The van der Waals surface area contributed by atoms with Crippen LogP contribution in [0.15, 0.2) is 30.3 Å². The summed E-state index contributed by atoms with van der Waals surface area (Å²) in [4.78, 5) is 29.3. The number of carbonyl (C=O) groups excluding carboxylic acids is 2. The molecule has 1 heterocycles. The molecule has 5 heteroatoms. The highest BCUT2D eigenvalue weighted by Crippen LogP contribution is 2.21. The number of para-hydroxylation sites is 1. The summed E-state index contributed by atoms with van der Waals surface area (Å²) in [5, 5.41) is 2.66. The summed E-state index contributed by atoms with van der Waals surface area (Å²) in [5.41, 5.74) is 1.18. The van der Waals surface area contributed by atoms with E-state index in [1.165, 1.54) is 5.69 Å². The van der Waals surface area contributed by atoms with Crippen molar-refractivity contribution in [2.24, 2.45) is 11.8 Å². The van der Waals surface area contributed by atoms with Crippen LogP contribution in [0.25, 0.3) is 0 Å². The molecule has 3 amide bonds. The first-order valence-electron chi connectivity index (χ1n) is 10.3. The van der Waals surface area contributed by atoms with Crippen molar-refractivity contribution in [3.8, 4) is 0 Å². The summed E-state index contributed by atoms with van der Waals surface area (Å²) in [6, 6.07) is 10.2. The van der Waals surface area contributed by atoms with E-state index in [9.17, 15) is 9.59 Å². The second-order valence-electron chi connectivity index (χ2n) is 8.08. The summed E-state index contributed by atoms with van der Waals surface area (Å²) in [5.74, 6) is 0.393. The maximum absolute atomic E-state index is 12.6. The lowest BCUT2D eigenvalue weighted by Gasteiger charge is -2.41. The number of benzene rings is 1. The lowest BCUT2D eigenvalue weighted by molar-refractivity contribution is -0.124. The lowest BCUT2D eigenvalue weighted by Crippen LogP contribution is -2.57. The third kappa shape index (κ3) is 6.26. The third-order valence-corrected chi connectivity index (χ3v) is 5.33. The minimum atomic E-state index is -0.245. The van der Waals surface area contributed by atoms with Crippen molar-refractivity contribution < 1.29 is 9.59 Å². The van der Waals surface area contributed by atoms with Crippen LogP contribution in [0, 0.1) is 11.8 Å². The molecule has 1 aliphatic heterocycles. The number of amides is 3. The molecule has 1 aliphatic rings. The van der Waals surface area contributed by atoms with Crippen molar-refractivity contribution in [1.82, 2.24) is 10.2 Å². The zero-order valence-electron chi connectivity index (χ0n) is 17.3. The van der Waals surface area contributed by atoms with E-state index in [2.05, 4.69) is 50.0 Å². The third-order valence-electron chi connectivity index (χ3n) is 5.33. The van der Waals surface area contributed by atoms with Crippen molar-refractivity contribution in [2.45, 2.75) is 59.4 Å². The first kappa shape index (κ1) is 21.3. The number of hydrogen-bond donors (Lipinski definition) is 1. The smallest absolute Gasteiger partial charge is 0.324 e. The van der Waals surface area contributed by atoms with Gasteiger partial charge in [0.2, 0.25) is 5.91 Å². The summed E-state index contributed by atoms with van der Waals surface area (Å²) >= 11 is 0. The van der Waals surface area contributed by atoms with Crippen molar-refractivity contribution in [1.29, 1.82) is 0 Å². The Kier molecular flexibility index (Phi) is 8.14. The Morgan fingerprint density at radius 3 is 2.41 bits per heavy atom. The second-order valence-corrected chi connectivity index (χ2v) is 8.08. The molecule has 0 unspecified atom stereocenters. The molecular formula is C22H35N3O2. The van der Waals surface area contributed by atoms with E-state index in [1.807, 2.05) is 18.2 Å². The number of anilines is 1. The Labute approximate surface area is 164 Å². The van der Waals surface area contributed by atoms with E-state index in [1.54, 1.807) is 4.90 Å². The Morgan fingerprint density at radius 2 is 1.81 bits per heavy atom. The average molecular weight is 374 g/mol. The Hall–Kier alpha value is -2.04. The van der Waals surface area contributed by atoms with Crippen LogP contribution in [-0.2, 0) is 4.79 Å². The molecule has 2 atom stereocenters. The normalized spacial score (nSPS) is 18.5. The van der Waals surface area contributed by atoms with Crippen molar-refractivity contribution in [3.05, 3.63) is 30.3 Å². The van der Waals surface area contributed by atoms with Crippen molar-refractivity contribution in [2.75, 3.05) is 24.5 Å². The van der Waals surface area contributed by atoms with Gasteiger partial charge in [-0.2, -0.15) is 0 Å². The van der Waals surface area contributed by atoms with Crippen LogP contribution in [-0.4, -0.2) is 42.5 Å². The van der Waals surface area contributed by atoms with Crippen molar-refractivity contribution >= 4 is 17.6 Å². The van der Waals surface area contributed by atoms with Gasteiger partial charge in [0, 0.05) is 37.3 Å². The number of rotatable bonds is 7. The number of hydrogen-bond acceptors (Lipinski definition) is 3. The minimum Gasteiger partial charge on any atom is -0.365 e. The largest absolute Gasteiger partial charge is 0.365 e. The van der Waals surface area contributed by atoms with Gasteiger partial charge in [-0.3, -0.25) is 10.1 Å². The maximum Gasteiger partial charge on any atom is 0.324 e. The molecule has 1 N–H and O–H groups in total. The van der Waals surface area contributed by atoms with E-state index < -0.39 is 0 Å². The van der Waals surface area contributed by atoms with Crippen LogP contribution in [0.4, 0.5) is 10.5 Å². The first-order chi connectivity index (χ1) is 12.9. The van der Waals surface area contributed by atoms with Gasteiger partial charge in [-0.05, 0) is 37.8 Å². The molecule has 150 valence electrons. The quantitative estimate of drug-likeness (QED) is 0.776. The van der Waals surface area contributed by atoms with Crippen LogP contribution in [0.3, 0.4) is 0 Å². The summed E-state index contributed by atoms with van der Waals surface area (Å²) in [7, 11) is 0. The molecule has 5 nitrogen and oxygen atoms in total. The van der Waals surface area contributed by atoms with E-state index in [4.69, 9.17) is 0 Å². The lowest BCUT2D eigenvalue weighted by atomic mass is 9.93. The number of carbonyl (C=O) groups is 2. The fourth-order valence-electron chi connectivity index (χ4n) is 3.72. The van der Waals surface area contributed by atoms with Gasteiger partial charge in [0.15, 0.2) is 0 Å². The Morgan fingerprint density at radius 1 is 1.11 bits per heavy atom. The predicted molar refractivity (Wildman–Crippen MR) is 111 cm³/mol. The van der Waals surface area contributed by atoms with E-state index in [0.717, 1.165) is 32.2 Å². The molecular weight excluding hydrogens is 338 g/mol. The number of imide groups is 1. The molecule has 0 aliphatic carbocycles. The van der Waals surface area contributed by atoms with Gasteiger partial charge >= 0.3 is 6.03 Å². The molecule has 1 saturated heterocycles. The van der Waals surface area contributed by atoms with E-state index >= 15 is 0 Å². The standard InChI is InChI=1S/C22H35N3O2/c1-5-9-19(13-12-17(2)3)21(26)23-22(27)24-14-15-25(18(4)16-24)20-10-7-6-8-11-20/h6-8,10-11,17-19H,5,9,12-16H2,1-4H3,(H,23,26,27)/t18-,19+/m1/s1. The fourth-order valence-corrected chi connectivity index (χ4v) is 3.72. The second kappa shape index (κ2) is 10.3. The topological polar surface area (TPSA) is 52.7 Å². The molecule has 0 aromatic heterocycles. The fraction of sp³-hybridized carbons (Fsp3) is 0.636. The zero-order chi connectivity index (χ0) is 19.8. The number of nitrogens with zero attached hydrogens (tertiary/aromatic N) is 2. The minimum absolute atomic E-state index is 0.0654. The highest BCUT2D eigenvalue weighted by Gasteiger charge is 2.29. The van der Waals surface area contributed by atoms with Crippen LogP contribution < -0.4 is 10.2 Å². The Balaban J connectivity index is 1.89. The molecule has 0 bridgehead atoms. The van der Waals surface area contributed by atoms with Gasteiger partial charge in [0.1, 0.15) is 0 Å². The monoisotopic (exact) mass is 373 g/mol. The van der Waals surface area contributed by atoms with E-state index in [-0.39, 0.29) is 23.9 Å². The van der Waals surface area contributed by atoms with Gasteiger partial charge in [0.05, 0.1) is 0 Å². The summed E-state index contributed by atoms with van der Waals surface area (Å²) < 4.78 is 0. The van der Waals surface area contributed by atoms with Crippen LogP contribution in [0.1, 0.15) is 53.4 Å². The van der Waals surface area contributed by atoms with Gasteiger partial charge in [-0.15, -0.1) is 0 Å². The molecule has 0 spiro atoms. The highest BCUT2D eigenvalue weighted by molar-refractivity contribution is 5.95. The summed E-state index contributed by atoms with van der Waals surface area (Å²) in [6.45, 7) is 10.6. The molecule has 2 rings (SSSR count). The maximum atomic E-state index is 12.6. The predicted octanol–water partition coefficient (Wildman–Crippen LogP) is 4.29. The molecule has 0 radical (unpaired) electrons. The average Bonchev–Trinajstić information content (AvgIpc) is 2.65. The molecule has 1 aromatic carbocycles. The molecule has 27 heavy (non-hydrogen) atoms. The number of nitrogens with one attached hydrogen (secondary N) is 1. The summed E-state index contributed by atoms with van der Waals surface area (Å²) in [6.07, 6.45) is 3.66. The van der Waals surface area contributed by atoms with Gasteiger partial charge in [-0.1, -0.05) is 51.8 Å². The number of piperazine rings is 1. The van der Waals surface area contributed by atoms with Crippen LogP contribution >= 0.6 is 0 Å². The van der Waals surface area contributed by atoms with Gasteiger partial charge in [-0.25, -0.2) is 4.79 Å². The van der Waals surface area contributed by atoms with Gasteiger partial charge < -0.3 is 9.80 Å². The van der Waals surface area contributed by atoms with E-state index in [0.29, 0.717) is 19.0 Å². The van der Waals surface area contributed by atoms with Crippen LogP contribution in [0.2, 0.25) is 0 Å². The SMILES string of the molecule is CCC[C@@H](CCC(C)C)C(=O)NC(=O)N1CCN(c2ccccc2)[C@H](C)C1. The number of urea groups is 1.